The first-order valence-electron chi connectivity index (χ1n) is 9.16. The third-order valence-electron chi connectivity index (χ3n) is 5.07. The predicted octanol–water partition coefficient (Wildman–Crippen LogP) is 2.82. The lowest BCUT2D eigenvalue weighted by Crippen LogP contribution is -2.39. The molecule has 0 radical (unpaired) electrons. The number of amides is 2. The highest BCUT2D eigenvalue weighted by Gasteiger charge is 2.30. The van der Waals surface area contributed by atoms with E-state index in [1.165, 1.54) is 5.56 Å². The standard InChI is InChI=1S/C21H22N2O4/c1-14-4-6-15(7-5-14)17-3-2-10-23(17)20(24)12-22-21(25)16-8-9-18-19(11-16)27-13-26-18/h4-9,11,17H,2-3,10,12-13H2,1H3,(H,22,25). The van der Waals surface area contributed by atoms with Gasteiger partial charge in [-0.1, -0.05) is 29.8 Å². The van der Waals surface area contributed by atoms with Gasteiger partial charge in [0.2, 0.25) is 12.7 Å². The van der Waals surface area contributed by atoms with Crippen molar-refractivity contribution in [1.82, 2.24) is 10.2 Å². The molecule has 0 spiro atoms. The van der Waals surface area contributed by atoms with Crippen molar-refractivity contribution in [3.8, 4) is 11.5 Å². The number of hydrogen-bond acceptors (Lipinski definition) is 4. The average molecular weight is 366 g/mol. The second kappa shape index (κ2) is 7.31. The molecule has 2 aliphatic rings. The Hall–Kier alpha value is -3.02. The summed E-state index contributed by atoms with van der Waals surface area (Å²) in [6.45, 7) is 2.91. The summed E-state index contributed by atoms with van der Waals surface area (Å²) in [5, 5.41) is 2.72. The normalized spacial score (nSPS) is 17.8. The molecular weight excluding hydrogens is 344 g/mol. The van der Waals surface area contributed by atoms with Gasteiger partial charge in [-0.05, 0) is 43.5 Å². The van der Waals surface area contributed by atoms with Crippen molar-refractivity contribution in [3.05, 3.63) is 59.2 Å². The molecule has 27 heavy (non-hydrogen) atoms. The number of ether oxygens (including phenoxy) is 2. The molecule has 1 unspecified atom stereocenters. The Morgan fingerprint density at radius 3 is 2.70 bits per heavy atom. The summed E-state index contributed by atoms with van der Waals surface area (Å²) in [4.78, 5) is 26.9. The van der Waals surface area contributed by atoms with Crippen molar-refractivity contribution in [3.63, 3.8) is 0 Å². The lowest BCUT2D eigenvalue weighted by atomic mass is 10.0. The molecule has 140 valence electrons. The van der Waals surface area contributed by atoms with Crippen molar-refractivity contribution >= 4 is 11.8 Å². The maximum Gasteiger partial charge on any atom is 0.251 e. The third-order valence-corrected chi connectivity index (χ3v) is 5.07. The van der Waals surface area contributed by atoms with Crippen molar-refractivity contribution in [2.45, 2.75) is 25.8 Å². The number of aryl methyl sites for hydroxylation is 1. The van der Waals surface area contributed by atoms with E-state index < -0.39 is 0 Å². The van der Waals surface area contributed by atoms with Crippen LogP contribution in [-0.4, -0.2) is 36.6 Å². The fourth-order valence-electron chi connectivity index (χ4n) is 3.60. The van der Waals surface area contributed by atoms with E-state index >= 15 is 0 Å². The van der Waals surface area contributed by atoms with Crippen LogP contribution in [0, 0.1) is 6.92 Å². The van der Waals surface area contributed by atoms with Crippen LogP contribution in [-0.2, 0) is 4.79 Å². The molecule has 2 heterocycles. The van der Waals surface area contributed by atoms with E-state index in [1.807, 2.05) is 11.8 Å². The van der Waals surface area contributed by atoms with Gasteiger partial charge in [0.05, 0.1) is 12.6 Å². The van der Waals surface area contributed by atoms with Gasteiger partial charge in [0.15, 0.2) is 11.5 Å². The molecule has 6 heteroatoms. The van der Waals surface area contributed by atoms with Gasteiger partial charge in [0, 0.05) is 12.1 Å². The second-order valence-corrected chi connectivity index (χ2v) is 6.91. The van der Waals surface area contributed by atoms with Crippen molar-refractivity contribution in [2.75, 3.05) is 19.9 Å². The Bertz CT molecular complexity index is 863. The fraction of sp³-hybridized carbons (Fsp3) is 0.333. The number of carbonyl (C=O) groups is 2. The van der Waals surface area contributed by atoms with Crippen LogP contribution >= 0.6 is 0 Å². The Balaban J connectivity index is 1.38. The smallest absolute Gasteiger partial charge is 0.251 e. The summed E-state index contributed by atoms with van der Waals surface area (Å²) in [5.41, 5.74) is 2.79. The van der Waals surface area contributed by atoms with Crippen LogP contribution in [0.3, 0.4) is 0 Å². The minimum Gasteiger partial charge on any atom is -0.454 e. The van der Waals surface area contributed by atoms with Crippen LogP contribution in [0.15, 0.2) is 42.5 Å². The summed E-state index contributed by atoms with van der Waals surface area (Å²) in [7, 11) is 0. The predicted molar refractivity (Wildman–Crippen MR) is 99.8 cm³/mol. The molecule has 2 aromatic rings. The van der Waals surface area contributed by atoms with Gasteiger partial charge in [-0.25, -0.2) is 0 Å². The van der Waals surface area contributed by atoms with Gasteiger partial charge in [-0.3, -0.25) is 9.59 Å². The van der Waals surface area contributed by atoms with Crippen LogP contribution in [0.5, 0.6) is 11.5 Å². The molecule has 1 saturated heterocycles. The molecule has 2 aliphatic heterocycles. The lowest BCUT2D eigenvalue weighted by Gasteiger charge is -2.25. The summed E-state index contributed by atoms with van der Waals surface area (Å²) in [5.74, 6) is 0.813. The molecule has 1 N–H and O–H groups in total. The molecule has 0 aromatic heterocycles. The van der Waals surface area contributed by atoms with Gasteiger partial charge in [0.25, 0.3) is 5.91 Å². The third kappa shape index (κ3) is 3.60. The van der Waals surface area contributed by atoms with E-state index in [-0.39, 0.29) is 31.2 Å². The monoisotopic (exact) mass is 366 g/mol. The van der Waals surface area contributed by atoms with Crippen LogP contribution in [0.1, 0.15) is 40.4 Å². The Morgan fingerprint density at radius 2 is 1.89 bits per heavy atom. The maximum atomic E-state index is 12.7. The molecular formula is C21H22N2O4. The number of rotatable bonds is 4. The van der Waals surface area contributed by atoms with E-state index in [4.69, 9.17) is 9.47 Å². The van der Waals surface area contributed by atoms with Crippen molar-refractivity contribution in [1.29, 1.82) is 0 Å². The Morgan fingerprint density at radius 1 is 1.11 bits per heavy atom. The molecule has 2 aromatic carbocycles. The highest BCUT2D eigenvalue weighted by molar-refractivity contribution is 5.97. The molecule has 1 atom stereocenters. The molecule has 0 aliphatic carbocycles. The Kier molecular flexibility index (Phi) is 4.71. The first-order chi connectivity index (χ1) is 13.1. The van der Waals surface area contributed by atoms with Crippen LogP contribution in [0.2, 0.25) is 0 Å². The van der Waals surface area contributed by atoms with E-state index in [2.05, 4.69) is 29.6 Å². The lowest BCUT2D eigenvalue weighted by molar-refractivity contribution is -0.131. The number of nitrogens with one attached hydrogen (secondary N) is 1. The van der Waals surface area contributed by atoms with Gasteiger partial charge in [-0.15, -0.1) is 0 Å². The fourth-order valence-corrected chi connectivity index (χ4v) is 3.60. The van der Waals surface area contributed by atoms with E-state index in [1.54, 1.807) is 18.2 Å². The first-order valence-corrected chi connectivity index (χ1v) is 9.16. The van der Waals surface area contributed by atoms with E-state index in [0.29, 0.717) is 17.1 Å². The number of carbonyl (C=O) groups excluding carboxylic acids is 2. The summed E-state index contributed by atoms with van der Waals surface area (Å²) >= 11 is 0. The zero-order valence-electron chi connectivity index (χ0n) is 15.2. The molecule has 2 amide bonds. The highest BCUT2D eigenvalue weighted by atomic mass is 16.7. The largest absolute Gasteiger partial charge is 0.454 e. The number of nitrogens with zero attached hydrogens (tertiary/aromatic N) is 1. The maximum absolute atomic E-state index is 12.7. The van der Waals surface area contributed by atoms with E-state index in [0.717, 1.165) is 24.9 Å². The number of hydrogen-bond donors (Lipinski definition) is 1. The minimum absolute atomic E-state index is 0.0182. The van der Waals surface area contributed by atoms with E-state index in [9.17, 15) is 9.59 Å². The average Bonchev–Trinajstić information content (AvgIpc) is 3.35. The quantitative estimate of drug-likeness (QED) is 0.904. The summed E-state index contributed by atoms with van der Waals surface area (Å²) in [6.07, 6.45) is 1.92. The topological polar surface area (TPSA) is 67.9 Å². The summed E-state index contributed by atoms with van der Waals surface area (Å²) in [6, 6.07) is 13.4. The van der Waals surface area contributed by atoms with Gasteiger partial charge in [0.1, 0.15) is 0 Å². The molecule has 0 bridgehead atoms. The van der Waals surface area contributed by atoms with Crippen LogP contribution < -0.4 is 14.8 Å². The van der Waals surface area contributed by atoms with Crippen LogP contribution in [0.25, 0.3) is 0 Å². The van der Waals surface area contributed by atoms with Crippen molar-refractivity contribution < 1.29 is 19.1 Å². The van der Waals surface area contributed by atoms with Gasteiger partial charge >= 0.3 is 0 Å². The summed E-state index contributed by atoms with van der Waals surface area (Å²) < 4.78 is 10.5. The molecule has 0 saturated carbocycles. The zero-order chi connectivity index (χ0) is 18.8. The molecule has 1 fully saturated rings. The Labute approximate surface area is 158 Å². The SMILES string of the molecule is Cc1ccc(C2CCCN2C(=O)CNC(=O)c2ccc3c(c2)OCO3)cc1. The molecule has 6 nitrogen and oxygen atoms in total. The highest BCUT2D eigenvalue weighted by Crippen LogP contribution is 2.33. The van der Waals surface area contributed by atoms with Gasteiger partial charge in [-0.2, -0.15) is 0 Å². The minimum atomic E-state index is -0.298. The second-order valence-electron chi connectivity index (χ2n) is 6.91. The number of benzene rings is 2. The van der Waals surface area contributed by atoms with Crippen molar-refractivity contribution in [2.24, 2.45) is 0 Å². The van der Waals surface area contributed by atoms with Crippen LogP contribution in [0.4, 0.5) is 0 Å². The zero-order valence-corrected chi connectivity index (χ0v) is 15.2. The number of likely N-dealkylation sites (tertiary alicyclic amines) is 1. The molecule has 4 rings (SSSR count). The first kappa shape index (κ1) is 17.4. The van der Waals surface area contributed by atoms with Gasteiger partial charge < -0.3 is 19.7 Å². The number of fused-ring (bicyclic) bond motifs is 1.